The largest absolute Gasteiger partial charge is 0.390 e. The average Bonchev–Trinajstić information content (AvgIpc) is 3.52. The number of benzene rings is 1. The van der Waals surface area contributed by atoms with Crippen LogP contribution in [0.15, 0.2) is 48.9 Å². The number of nitrogens with two attached hydrogens (primary N) is 1. The SMILES string of the molecule is Cl.Nc1ncnc2c1ccn2[C@@H]1C[C@H](CCc2ccc3ccc(NCC4CC4)nc3c2)[C@@H](O)[C@H]1O. The van der Waals surface area contributed by atoms with Crippen molar-refractivity contribution in [1.29, 1.82) is 0 Å². The Hall–Kier alpha value is -2.94. The molecule has 3 heterocycles. The number of anilines is 2. The Morgan fingerprint density at radius 1 is 1.06 bits per heavy atom. The predicted molar refractivity (Wildman–Crippen MR) is 140 cm³/mol. The third-order valence-electron chi connectivity index (χ3n) is 7.50. The van der Waals surface area contributed by atoms with E-state index in [1.165, 1.54) is 24.7 Å². The van der Waals surface area contributed by atoms with Crippen LogP contribution in [0.2, 0.25) is 0 Å². The van der Waals surface area contributed by atoms with Crippen molar-refractivity contribution in [1.82, 2.24) is 19.5 Å². The highest BCUT2D eigenvalue weighted by molar-refractivity contribution is 5.86. The van der Waals surface area contributed by atoms with Gasteiger partial charge in [-0.2, -0.15) is 0 Å². The zero-order chi connectivity index (χ0) is 23.2. The van der Waals surface area contributed by atoms with E-state index < -0.39 is 12.2 Å². The smallest absolute Gasteiger partial charge is 0.145 e. The van der Waals surface area contributed by atoms with Gasteiger partial charge in [0.05, 0.1) is 23.0 Å². The van der Waals surface area contributed by atoms with E-state index in [2.05, 4.69) is 39.6 Å². The molecule has 4 atom stereocenters. The number of nitrogen functional groups attached to an aromatic ring is 1. The molecule has 0 radical (unpaired) electrons. The lowest BCUT2D eigenvalue weighted by Gasteiger charge is -2.19. The Bertz CT molecular complexity index is 1340. The van der Waals surface area contributed by atoms with Crippen LogP contribution in [0, 0.1) is 11.8 Å². The fourth-order valence-electron chi connectivity index (χ4n) is 5.26. The second-order valence-corrected chi connectivity index (χ2v) is 9.85. The first-order chi connectivity index (χ1) is 16.6. The van der Waals surface area contributed by atoms with E-state index in [1.54, 1.807) is 0 Å². The molecule has 0 bridgehead atoms. The molecule has 0 amide bonds. The van der Waals surface area contributed by atoms with Crippen molar-refractivity contribution >= 4 is 46.0 Å². The van der Waals surface area contributed by atoms with Gasteiger partial charge >= 0.3 is 0 Å². The molecule has 0 aliphatic heterocycles. The number of aliphatic hydroxyl groups excluding tert-OH is 2. The van der Waals surface area contributed by atoms with Gasteiger partial charge in [0.1, 0.15) is 29.7 Å². The predicted octanol–water partition coefficient (Wildman–Crippen LogP) is 3.72. The van der Waals surface area contributed by atoms with Crippen LogP contribution in [0.25, 0.3) is 21.9 Å². The lowest BCUT2D eigenvalue weighted by molar-refractivity contribution is 0.00545. The maximum absolute atomic E-state index is 10.8. The molecule has 9 heteroatoms. The molecule has 0 unspecified atom stereocenters. The maximum Gasteiger partial charge on any atom is 0.145 e. The number of hydrogen-bond acceptors (Lipinski definition) is 7. The molecule has 3 aromatic heterocycles. The first-order valence-electron chi connectivity index (χ1n) is 12.1. The fourth-order valence-corrected chi connectivity index (χ4v) is 5.26. The molecule has 0 saturated heterocycles. The van der Waals surface area contributed by atoms with Crippen LogP contribution in [-0.2, 0) is 6.42 Å². The highest BCUT2D eigenvalue weighted by Gasteiger charge is 2.42. The Kier molecular flexibility index (Phi) is 6.53. The van der Waals surface area contributed by atoms with Gasteiger partial charge in [-0.05, 0) is 73.8 Å². The maximum atomic E-state index is 10.8. The van der Waals surface area contributed by atoms with E-state index in [0.717, 1.165) is 47.4 Å². The van der Waals surface area contributed by atoms with Crippen molar-refractivity contribution < 1.29 is 10.2 Å². The Balaban J connectivity index is 0.00000253. The Morgan fingerprint density at radius 3 is 2.71 bits per heavy atom. The van der Waals surface area contributed by atoms with Crippen molar-refractivity contribution in [2.24, 2.45) is 11.8 Å². The monoisotopic (exact) mass is 494 g/mol. The second-order valence-electron chi connectivity index (χ2n) is 9.85. The van der Waals surface area contributed by atoms with Crippen molar-refractivity contribution in [3.8, 4) is 0 Å². The van der Waals surface area contributed by atoms with Crippen molar-refractivity contribution in [2.75, 3.05) is 17.6 Å². The Morgan fingerprint density at radius 2 is 1.89 bits per heavy atom. The van der Waals surface area contributed by atoms with Gasteiger partial charge in [-0.1, -0.05) is 12.1 Å². The fraction of sp³-hybridized carbons (Fsp3) is 0.423. The number of halogens is 1. The van der Waals surface area contributed by atoms with Crippen LogP contribution in [0.3, 0.4) is 0 Å². The van der Waals surface area contributed by atoms with Crippen molar-refractivity contribution in [3.05, 3.63) is 54.5 Å². The molecule has 35 heavy (non-hydrogen) atoms. The number of nitrogens with zero attached hydrogens (tertiary/aromatic N) is 4. The van der Waals surface area contributed by atoms with Crippen LogP contribution in [0.4, 0.5) is 11.6 Å². The summed E-state index contributed by atoms with van der Waals surface area (Å²) < 4.78 is 1.93. The molecule has 4 aromatic rings. The molecule has 2 fully saturated rings. The number of nitrogens with one attached hydrogen (secondary N) is 1. The van der Waals surface area contributed by atoms with E-state index in [1.807, 2.05) is 22.9 Å². The van der Waals surface area contributed by atoms with Crippen LogP contribution >= 0.6 is 12.4 Å². The van der Waals surface area contributed by atoms with Gasteiger partial charge in [0.25, 0.3) is 0 Å². The summed E-state index contributed by atoms with van der Waals surface area (Å²) in [5, 5.41) is 27.0. The topological polar surface area (TPSA) is 122 Å². The van der Waals surface area contributed by atoms with Crippen molar-refractivity contribution in [3.63, 3.8) is 0 Å². The lowest BCUT2D eigenvalue weighted by atomic mass is 9.95. The van der Waals surface area contributed by atoms with E-state index >= 15 is 0 Å². The van der Waals surface area contributed by atoms with Gasteiger partial charge in [0.15, 0.2) is 0 Å². The number of hydrogen-bond donors (Lipinski definition) is 4. The van der Waals surface area contributed by atoms with E-state index in [9.17, 15) is 10.2 Å². The molecular formula is C26H31ClN6O2. The van der Waals surface area contributed by atoms with Gasteiger partial charge in [0, 0.05) is 18.1 Å². The molecule has 2 aliphatic carbocycles. The molecule has 1 aromatic carbocycles. The summed E-state index contributed by atoms with van der Waals surface area (Å²) in [5.41, 5.74) is 8.83. The van der Waals surface area contributed by atoms with Gasteiger partial charge in [0.2, 0.25) is 0 Å². The summed E-state index contributed by atoms with van der Waals surface area (Å²) in [5.74, 6) is 2.14. The third kappa shape index (κ3) is 4.66. The standard InChI is InChI=1S/C26H30N6O2.ClH/c27-25-19-9-10-32(26(19)30-14-29-25)21-12-18(23(33)24(21)34)6-4-15-3-5-17-7-8-22(31-20(17)11-15)28-13-16-1-2-16;/h3,5,7-11,14,16,18,21,23-24,33-34H,1-2,4,6,12-13H2,(H,28,31)(H2,27,29,30);1H/t18-,21+,23+,24-;/m0./s1. The van der Waals surface area contributed by atoms with Gasteiger partial charge < -0.3 is 25.8 Å². The number of aromatic nitrogens is 4. The highest BCUT2D eigenvalue weighted by atomic mass is 35.5. The van der Waals surface area contributed by atoms with E-state index in [4.69, 9.17) is 10.7 Å². The zero-order valence-corrected chi connectivity index (χ0v) is 20.2. The second kappa shape index (κ2) is 9.60. The van der Waals surface area contributed by atoms with Crippen LogP contribution < -0.4 is 11.1 Å². The molecule has 6 rings (SSSR count). The molecule has 2 aliphatic rings. The summed E-state index contributed by atoms with van der Waals surface area (Å²) in [6.45, 7) is 0.997. The molecular weight excluding hydrogens is 464 g/mol. The van der Waals surface area contributed by atoms with Gasteiger partial charge in [-0.3, -0.25) is 0 Å². The first kappa shape index (κ1) is 23.8. The number of pyridine rings is 1. The molecule has 8 nitrogen and oxygen atoms in total. The minimum absolute atomic E-state index is 0. The zero-order valence-electron chi connectivity index (χ0n) is 19.4. The summed E-state index contributed by atoms with van der Waals surface area (Å²) >= 11 is 0. The number of fused-ring (bicyclic) bond motifs is 2. The quantitative estimate of drug-likeness (QED) is 0.309. The lowest BCUT2D eigenvalue weighted by Crippen LogP contribution is -2.29. The number of aryl methyl sites for hydroxylation is 1. The number of aliphatic hydroxyl groups is 2. The van der Waals surface area contributed by atoms with Gasteiger partial charge in [-0.25, -0.2) is 15.0 Å². The molecule has 5 N–H and O–H groups in total. The molecule has 2 saturated carbocycles. The van der Waals surface area contributed by atoms with E-state index in [0.29, 0.717) is 17.9 Å². The summed E-state index contributed by atoms with van der Waals surface area (Å²) in [7, 11) is 0. The summed E-state index contributed by atoms with van der Waals surface area (Å²) in [6, 6.07) is 12.2. The highest BCUT2D eigenvalue weighted by Crippen LogP contribution is 2.39. The normalized spacial score (nSPS) is 24.1. The van der Waals surface area contributed by atoms with Crippen LogP contribution in [0.1, 0.15) is 37.3 Å². The molecule has 184 valence electrons. The van der Waals surface area contributed by atoms with Gasteiger partial charge in [-0.15, -0.1) is 12.4 Å². The van der Waals surface area contributed by atoms with Crippen molar-refractivity contribution in [2.45, 2.75) is 50.4 Å². The average molecular weight is 495 g/mol. The summed E-state index contributed by atoms with van der Waals surface area (Å²) in [6.07, 6.45) is 6.60. The summed E-state index contributed by atoms with van der Waals surface area (Å²) in [4.78, 5) is 13.2. The van der Waals surface area contributed by atoms with Crippen LogP contribution in [-0.4, -0.2) is 48.5 Å². The third-order valence-corrected chi connectivity index (χ3v) is 7.50. The first-order valence-corrected chi connectivity index (χ1v) is 12.1. The Labute approximate surface area is 210 Å². The van der Waals surface area contributed by atoms with E-state index in [-0.39, 0.29) is 24.4 Å². The van der Waals surface area contributed by atoms with Crippen LogP contribution in [0.5, 0.6) is 0 Å². The minimum Gasteiger partial charge on any atom is -0.390 e. The minimum atomic E-state index is -0.852. The molecule has 0 spiro atoms. The number of rotatable bonds is 7.